The van der Waals surface area contributed by atoms with E-state index < -0.39 is 5.82 Å². The van der Waals surface area contributed by atoms with E-state index in [9.17, 15) is 14.0 Å². The van der Waals surface area contributed by atoms with E-state index in [1.807, 2.05) is 25.1 Å². The quantitative estimate of drug-likeness (QED) is 0.593. The van der Waals surface area contributed by atoms with Gasteiger partial charge in [-0.3, -0.25) is 9.59 Å². The van der Waals surface area contributed by atoms with Gasteiger partial charge in [-0.15, -0.1) is 0 Å². The van der Waals surface area contributed by atoms with Crippen LogP contribution in [0.3, 0.4) is 0 Å². The number of piperazine rings is 1. The number of aryl methyl sites for hydroxylation is 1. The zero-order valence-corrected chi connectivity index (χ0v) is 19.6. The number of carbonyl (C=O) groups is 2. The number of nitrogens with one attached hydrogen (secondary N) is 1. The molecule has 1 atom stereocenters. The van der Waals surface area contributed by atoms with Gasteiger partial charge in [-0.1, -0.05) is 60.7 Å². The molecule has 176 valence electrons. The zero-order valence-electron chi connectivity index (χ0n) is 19.6. The van der Waals surface area contributed by atoms with E-state index in [2.05, 4.69) is 41.7 Å². The summed E-state index contributed by atoms with van der Waals surface area (Å²) in [7, 11) is 0. The van der Waals surface area contributed by atoms with Crippen molar-refractivity contribution in [3.05, 3.63) is 95.3 Å². The number of hydrogen-bond acceptors (Lipinski definition) is 3. The predicted octanol–water partition coefficient (Wildman–Crippen LogP) is 4.44. The molecule has 0 aliphatic carbocycles. The van der Waals surface area contributed by atoms with E-state index in [4.69, 9.17) is 0 Å². The van der Waals surface area contributed by atoms with Crippen LogP contribution in [0.15, 0.2) is 72.8 Å². The molecule has 6 heteroatoms. The summed E-state index contributed by atoms with van der Waals surface area (Å²) < 4.78 is 13.6. The van der Waals surface area contributed by atoms with Crippen molar-refractivity contribution in [2.45, 2.75) is 19.9 Å². The fourth-order valence-corrected chi connectivity index (χ4v) is 4.22. The largest absolute Gasteiger partial charge is 0.338 e. The Labute approximate surface area is 200 Å². The Hall–Kier alpha value is -3.51. The average molecular weight is 460 g/mol. The molecule has 1 aliphatic heterocycles. The molecule has 1 aliphatic rings. The molecule has 0 spiro atoms. The van der Waals surface area contributed by atoms with E-state index in [1.165, 1.54) is 17.7 Å². The summed E-state index contributed by atoms with van der Waals surface area (Å²) in [5, 5.41) is 3.32. The molecule has 0 radical (unpaired) electrons. The summed E-state index contributed by atoms with van der Waals surface area (Å²) >= 11 is 0. The molecule has 1 N–H and O–H groups in total. The van der Waals surface area contributed by atoms with Gasteiger partial charge in [0.25, 0.3) is 5.91 Å². The predicted molar refractivity (Wildman–Crippen MR) is 132 cm³/mol. The molecule has 1 heterocycles. The van der Waals surface area contributed by atoms with E-state index in [1.54, 1.807) is 22.8 Å². The monoisotopic (exact) mass is 459 g/mol. The first kappa shape index (κ1) is 23.6. The van der Waals surface area contributed by atoms with Crippen molar-refractivity contribution >= 4 is 11.8 Å². The van der Waals surface area contributed by atoms with Crippen LogP contribution in [0.25, 0.3) is 11.1 Å². The fourth-order valence-electron chi connectivity index (χ4n) is 4.22. The maximum Gasteiger partial charge on any atom is 0.254 e. The fraction of sp³-hybridized carbons (Fsp3) is 0.286. The number of nitrogens with zero attached hydrogens (tertiary/aromatic N) is 2. The number of benzene rings is 3. The molecule has 5 nitrogen and oxygen atoms in total. The van der Waals surface area contributed by atoms with Crippen molar-refractivity contribution in [2.75, 3.05) is 32.7 Å². The van der Waals surface area contributed by atoms with Crippen molar-refractivity contribution in [1.29, 1.82) is 0 Å². The Balaban J connectivity index is 1.26. The molecule has 1 saturated heterocycles. The summed E-state index contributed by atoms with van der Waals surface area (Å²) in [5.41, 5.74) is 4.59. The van der Waals surface area contributed by atoms with Crippen LogP contribution >= 0.6 is 0 Å². The lowest BCUT2D eigenvalue weighted by atomic mass is 10.0. The Morgan fingerprint density at radius 3 is 2.18 bits per heavy atom. The van der Waals surface area contributed by atoms with Gasteiger partial charge in [-0.25, -0.2) is 4.39 Å². The van der Waals surface area contributed by atoms with Crippen LogP contribution in [0.1, 0.15) is 34.5 Å². The number of halogens is 1. The van der Waals surface area contributed by atoms with Gasteiger partial charge in [0.1, 0.15) is 5.82 Å². The first-order valence-corrected chi connectivity index (χ1v) is 11.6. The van der Waals surface area contributed by atoms with Gasteiger partial charge >= 0.3 is 0 Å². The van der Waals surface area contributed by atoms with Crippen molar-refractivity contribution in [3.63, 3.8) is 0 Å². The van der Waals surface area contributed by atoms with E-state index in [-0.39, 0.29) is 24.4 Å². The van der Waals surface area contributed by atoms with Crippen molar-refractivity contribution in [3.8, 4) is 11.1 Å². The van der Waals surface area contributed by atoms with Crippen LogP contribution in [-0.2, 0) is 4.79 Å². The first-order chi connectivity index (χ1) is 16.4. The van der Waals surface area contributed by atoms with Crippen LogP contribution < -0.4 is 5.32 Å². The number of amides is 2. The molecular formula is C28H30FN3O2. The SMILES string of the molecule is Cc1ccc(F)cc1C(=O)N1CCN(C(=O)CNC(C)c2ccc(-c3ccccc3)cc2)CC1. The summed E-state index contributed by atoms with van der Waals surface area (Å²) in [6, 6.07) is 22.9. The average Bonchev–Trinajstić information content (AvgIpc) is 2.88. The van der Waals surface area contributed by atoms with Gasteiger partial charge in [0.05, 0.1) is 6.54 Å². The molecule has 2 amide bonds. The Morgan fingerprint density at radius 1 is 0.882 bits per heavy atom. The van der Waals surface area contributed by atoms with Crippen molar-refractivity contribution in [2.24, 2.45) is 0 Å². The summed E-state index contributed by atoms with van der Waals surface area (Å²) in [4.78, 5) is 29.0. The Bertz CT molecular complexity index is 1140. The molecule has 1 unspecified atom stereocenters. The third-order valence-corrected chi connectivity index (χ3v) is 6.43. The lowest BCUT2D eigenvalue weighted by molar-refractivity contribution is -0.131. The topological polar surface area (TPSA) is 52.7 Å². The van der Waals surface area contributed by atoms with Crippen LogP contribution in [0.4, 0.5) is 4.39 Å². The molecule has 4 rings (SSSR count). The maximum absolute atomic E-state index is 13.6. The van der Waals surface area contributed by atoms with Gasteiger partial charge in [0, 0.05) is 37.8 Å². The second-order valence-electron chi connectivity index (χ2n) is 8.72. The molecule has 1 fully saturated rings. The molecule has 3 aromatic carbocycles. The van der Waals surface area contributed by atoms with E-state index >= 15 is 0 Å². The summed E-state index contributed by atoms with van der Waals surface area (Å²) in [5.74, 6) is -0.589. The first-order valence-electron chi connectivity index (χ1n) is 11.6. The van der Waals surface area contributed by atoms with Gasteiger partial charge in [-0.05, 0) is 48.2 Å². The normalized spacial score (nSPS) is 14.7. The molecule has 0 saturated carbocycles. The number of carbonyl (C=O) groups excluding carboxylic acids is 2. The maximum atomic E-state index is 13.6. The Morgan fingerprint density at radius 2 is 1.50 bits per heavy atom. The summed E-state index contributed by atoms with van der Waals surface area (Å²) in [6.45, 7) is 5.91. The molecule has 0 aromatic heterocycles. The van der Waals surface area contributed by atoms with E-state index in [0.717, 1.165) is 16.7 Å². The highest BCUT2D eigenvalue weighted by molar-refractivity contribution is 5.95. The molecule has 0 bridgehead atoms. The van der Waals surface area contributed by atoms with Crippen LogP contribution in [0.5, 0.6) is 0 Å². The number of hydrogen-bond donors (Lipinski definition) is 1. The van der Waals surface area contributed by atoms with Crippen LogP contribution in [0, 0.1) is 12.7 Å². The van der Waals surface area contributed by atoms with Gasteiger partial charge < -0.3 is 15.1 Å². The standard InChI is InChI=1S/C28H30FN3O2/c1-20-8-13-25(29)18-26(20)28(34)32-16-14-31(15-17-32)27(33)19-30-21(2)22-9-11-24(12-10-22)23-6-4-3-5-7-23/h3-13,18,21,30H,14-17,19H2,1-2H3. The minimum Gasteiger partial charge on any atom is -0.338 e. The third kappa shape index (κ3) is 5.51. The van der Waals surface area contributed by atoms with Crippen molar-refractivity contribution < 1.29 is 14.0 Å². The highest BCUT2D eigenvalue weighted by atomic mass is 19.1. The lowest BCUT2D eigenvalue weighted by Crippen LogP contribution is -2.52. The molecular weight excluding hydrogens is 429 g/mol. The summed E-state index contributed by atoms with van der Waals surface area (Å²) in [6.07, 6.45) is 0. The van der Waals surface area contributed by atoms with Gasteiger partial charge in [-0.2, -0.15) is 0 Å². The molecule has 34 heavy (non-hydrogen) atoms. The Kier molecular flexibility index (Phi) is 7.38. The highest BCUT2D eigenvalue weighted by Crippen LogP contribution is 2.22. The zero-order chi connectivity index (χ0) is 24.1. The van der Waals surface area contributed by atoms with E-state index in [0.29, 0.717) is 31.7 Å². The molecule has 3 aromatic rings. The lowest BCUT2D eigenvalue weighted by Gasteiger charge is -2.35. The second-order valence-corrected chi connectivity index (χ2v) is 8.72. The smallest absolute Gasteiger partial charge is 0.254 e. The second kappa shape index (κ2) is 10.6. The number of rotatable bonds is 6. The van der Waals surface area contributed by atoms with Crippen LogP contribution in [0.2, 0.25) is 0 Å². The highest BCUT2D eigenvalue weighted by Gasteiger charge is 2.26. The van der Waals surface area contributed by atoms with Gasteiger partial charge in [0.2, 0.25) is 5.91 Å². The van der Waals surface area contributed by atoms with Crippen LogP contribution in [-0.4, -0.2) is 54.3 Å². The minimum atomic E-state index is -0.419. The van der Waals surface area contributed by atoms with Crippen molar-refractivity contribution in [1.82, 2.24) is 15.1 Å². The third-order valence-electron chi connectivity index (χ3n) is 6.43. The minimum absolute atomic E-state index is 0.0155. The van der Waals surface area contributed by atoms with Gasteiger partial charge in [0.15, 0.2) is 0 Å².